The van der Waals surface area contributed by atoms with Gasteiger partial charge in [-0.15, -0.1) is 0 Å². The molecule has 4 heteroatoms. The zero-order valence-electron chi connectivity index (χ0n) is 1.56. The molecule has 0 aliphatic carbocycles. The van der Waals surface area contributed by atoms with E-state index in [9.17, 15) is 0 Å². The third kappa shape index (κ3) is 10.4. The molecule has 0 bridgehead atoms. The van der Waals surface area contributed by atoms with Crippen LogP contribution in [0.2, 0.25) is 0 Å². The Labute approximate surface area is 50.8 Å². The zero-order valence-corrected chi connectivity index (χ0v) is 4.60. The van der Waals surface area contributed by atoms with Crippen LogP contribution < -0.4 is 0 Å². The molecule has 0 aromatic heterocycles. The molecule has 29 valence electrons. The molecule has 1 N–H and O–H groups in total. The van der Waals surface area contributed by atoms with Gasteiger partial charge in [0.05, 0.1) is 11.9 Å². The van der Waals surface area contributed by atoms with Crippen LogP contribution in [-0.2, 0) is 34.1 Å². The molecule has 1 nitrogen and oxygen atoms in total. The van der Waals surface area contributed by atoms with Gasteiger partial charge in [-0.05, 0) is 0 Å². The van der Waals surface area contributed by atoms with Crippen molar-refractivity contribution in [1.29, 1.82) is 0 Å². The summed E-state index contributed by atoms with van der Waals surface area (Å²) in [7, 11) is 0. The van der Waals surface area contributed by atoms with E-state index in [4.69, 9.17) is 4.66 Å². The Hall–Kier alpha value is 1.29. The smallest absolute Gasteiger partial charge is 0.0579 e. The quantitative estimate of drug-likeness (QED) is 0.503. The summed E-state index contributed by atoms with van der Waals surface area (Å²) in [6.45, 7) is 0. The Morgan fingerprint density at radius 2 is 1.25 bits per heavy atom. The molecule has 4 heavy (non-hydrogen) atoms. The van der Waals surface area contributed by atoms with Crippen LogP contribution in [0.15, 0.2) is 0 Å². The minimum Gasteiger partial charge on any atom is -0.295 e. The first-order valence-corrected chi connectivity index (χ1v) is 0.507. The third-order valence-corrected chi connectivity index (χ3v) is 0. The molecule has 1 radical (unpaired) electrons. The molecule has 0 unspecified atom stereocenters. The van der Waals surface area contributed by atoms with E-state index in [2.05, 4.69) is 11.9 Å². The minimum atomic E-state index is 0. The van der Waals surface area contributed by atoms with Gasteiger partial charge in [0.15, 0.2) is 0 Å². The molecule has 0 heterocycles. The van der Waals surface area contributed by atoms with Crippen LogP contribution in [-0.4, -0.2) is 4.66 Å². The standard InChI is InChI=1S/ClHO.Fe.Mn/c1-2;;/h2H;;. The van der Waals surface area contributed by atoms with Gasteiger partial charge < -0.3 is 0 Å². The number of hydrogen-bond acceptors (Lipinski definition) is 1. The molecule has 0 spiro atoms. The Morgan fingerprint density at radius 3 is 1.25 bits per heavy atom. The molecule has 0 saturated heterocycles. The summed E-state index contributed by atoms with van der Waals surface area (Å²) in [5.74, 6) is 0. The van der Waals surface area contributed by atoms with Crippen molar-refractivity contribution in [3.63, 3.8) is 0 Å². The first kappa shape index (κ1) is 18.6. The second-order valence-corrected chi connectivity index (χ2v) is 0. The predicted octanol–water partition coefficient (Wildman–Crippen LogP) is 0.128. The maximum atomic E-state index is 6.47. The van der Waals surface area contributed by atoms with Gasteiger partial charge in [0.2, 0.25) is 0 Å². The third-order valence-electron chi connectivity index (χ3n) is 0. The topological polar surface area (TPSA) is 20.2 Å². The van der Waals surface area contributed by atoms with E-state index in [0.29, 0.717) is 0 Å². The summed E-state index contributed by atoms with van der Waals surface area (Å²) in [4.78, 5) is 0. The van der Waals surface area contributed by atoms with Crippen LogP contribution in [0.3, 0.4) is 0 Å². The fraction of sp³-hybridized carbons (Fsp3) is 0. The van der Waals surface area contributed by atoms with E-state index in [-0.39, 0.29) is 34.1 Å². The summed E-state index contributed by atoms with van der Waals surface area (Å²) in [6, 6.07) is 0. The van der Waals surface area contributed by atoms with E-state index in [1.807, 2.05) is 0 Å². The molecule has 0 saturated carbocycles. The Kier molecular flexibility index (Phi) is 130. The van der Waals surface area contributed by atoms with E-state index >= 15 is 0 Å². The second kappa shape index (κ2) is 27.9. The summed E-state index contributed by atoms with van der Waals surface area (Å²) >= 11 is 3.64. The molecule has 0 aromatic rings. The van der Waals surface area contributed by atoms with Crippen molar-refractivity contribution < 1.29 is 38.8 Å². The molecule has 0 aromatic carbocycles. The van der Waals surface area contributed by atoms with Crippen molar-refractivity contribution in [2.45, 2.75) is 0 Å². The number of halogens is 1. The van der Waals surface area contributed by atoms with Crippen molar-refractivity contribution in [1.82, 2.24) is 0 Å². The fourth-order valence-electron chi connectivity index (χ4n) is 0. The molecule has 0 fully saturated rings. The van der Waals surface area contributed by atoms with E-state index < -0.39 is 0 Å². The molecule has 0 aliphatic rings. The van der Waals surface area contributed by atoms with Gasteiger partial charge >= 0.3 is 0 Å². The Morgan fingerprint density at radius 1 is 1.25 bits per heavy atom. The van der Waals surface area contributed by atoms with Crippen LogP contribution in [0.1, 0.15) is 0 Å². The van der Waals surface area contributed by atoms with Gasteiger partial charge in [-0.25, -0.2) is 0 Å². The van der Waals surface area contributed by atoms with Gasteiger partial charge in [-0.3, -0.25) is 4.66 Å². The maximum absolute atomic E-state index is 6.47. The Bertz CT molecular complexity index is 8.00. The van der Waals surface area contributed by atoms with Crippen molar-refractivity contribution >= 4 is 11.9 Å². The molecule has 0 rings (SSSR count). The largest absolute Gasteiger partial charge is 0.295 e. The SMILES string of the molecule is OCl.[Fe].[Mn]. The van der Waals surface area contributed by atoms with Gasteiger partial charge in [0.25, 0.3) is 0 Å². The van der Waals surface area contributed by atoms with E-state index in [0.717, 1.165) is 0 Å². The Balaban J connectivity index is -0.00000000500. The fourth-order valence-corrected chi connectivity index (χ4v) is 0. The van der Waals surface area contributed by atoms with Gasteiger partial charge in [-0.1, -0.05) is 0 Å². The maximum Gasteiger partial charge on any atom is 0.0579 e. The van der Waals surface area contributed by atoms with Crippen LogP contribution in [0.25, 0.3) is 0 Å². The summed E-state index contributed by atoms with van der Waals surface area (Å²) in [5, 5.41) is 0. The monoisotopic (exact) mass is 163 g/mol. The first-order valence-electron chi connectivity index (χ1n) is 0.169. The molecule has 0 aliphatic heterocycles. The van der Waals surface area contributed by atoms with Crippen molar-refractivity contribution in [2.24, 2.45) is 0 Å². The number of rotatable bonds is 0. The predicted molar refractivity (Wildman–Crippen MR) is 8.07 cm³/mol. The molecular weight excluding hydrogens is 162 g/mol. The van der Waals surface area contributed by atoms with Crippen LogP contribution in [0, 0.1) is 0 Å². The molecular formula is HClFeMnO. The normalized spacial score (nSPS) is 1.50. The summed E-state index contributed by atoms with van der Waals surface area (Å²) < 4.78 is 6.47. The van der Waals surface area contributed by atoms with Crippen LogP contribution >= 0.6 is 11.9 Å². The molecule has 0 atom stereocenters. The number of hydrogen-bond donors (Lipinski definition) is 1. The van der Waals surface area contributed by atoms with Crippen molar-refractivity contribution in [2.75, 3.05) is 0 Å². The van der Waals surface area contributed by atoms with Gasteiger partial charge in [0, 0.05) is 34.1 Å². The average molecular weight is 163 g/mol. The van der Waals surface area contributed by atoms with E-state index in [1.165, 1.54) is 0 Å². The van der Waals surface area contributed by atoms with Crippen molar-refractivity contribution in [3.05, 3.63) is 0 Å². The van der Waals surface area contributed by atoms with Crippen LogP contribution in [0.5, 0.6) is 0 Å². The molecule has 0 amide bonds. The summed E-state index contributed by atoms with van der Waals surface area (Å²) in [6.07, 6.45) is 0. The van der Waals surface area contributed by atoms with Gasteiger partial charge in [-0.2, -0.15) is 0 Å². The second-order valence-electron chi connectivity index (χ2n) is 0. The summed E-state index contributed by atoms with van der Waals surface area (Å²) in [5.41, 5.74) is 0. The van der Waals surface area contributed by atoms with Gasteiger partial charge in [0.1, 0.15) is 0 Å². The van der Waals surface area contributed by atoms with Crippen LogP contribution in [0.4, 0.5) is 0 Å². The minimum absolute atomic E-state index is 0. The zero-order chi connectivity index (χ0) is 2.00. The van der Waals surface area contributed by atoms with Crippen molar-refractivity contribution in [3.8, 4) is 0 Å². The average Bonchev–Trinajstić information content (AvgIpc) is 1.00. The van der Waals surface area contributed by atoms with E-state index in [1.54, 1.807) is 0 Å². The first-order chi connectivity index (χ1) is 1.00.